The van der Waals surface area contributed by atoms with E-state index in [2.05, 4.69) is 6.07 Å². The Hall–Kier alpha value is -2.04. The quantitative estimate of drug-likeness (QED) is 0.897. The van der Waals surface area contributed by atoms with Crippen LogP contribution >= 0.6 is 12.4 Å². The average molecular weight is 347 g/mol. The van der Waals surface area contributed by atoms with E-state index < -0.39 is 6.04 Å². The standard InChI is InChI=1S/C19H22N2O2.ClH/c1-13-11-16(22)9-8-15(13)12-17(20)19(23)21-10-4-6-14-5-2-3-7-18(14)21;/h2-3,5,7-9,11,17,22H,4,6,10,12,20H2,1H3;1H/t17-;/m0./s1. The molecule has 2 aromatic carbocycles. The van der Waals surface area contributed by atoms with Crippen molar-refractivity contribution in [2.45, 2.75) is 32.2 Å². The van der Waals surface area contributed by atoms with Crippen LogP contribution in [0.1, 0.15) is 23.1 Å². The molecule has 0 fully saturated rings. The Morgan fingerprint density at radius 1 is 1.29 bits per heavy atom. The number of para-hydroxylation sites is 1. The van der Waals surface area contributed by atoms with E-state index in [-0.39, 0.29) is 24.1 Å². The molecule has 3 N–H and O–H groups in total. The second-order valence-corrected chi connectivity index (χ2v) is 6.14. The fraction of sp³-hybridized carbons (Fsp3) is 0.316. The van der Waals surface area contributed by atoms with Gasteiger partial charge in [-0.25, -0.2) is 0 Å². The number of halogens is 1. The molecule has 2 aromatic rings. The van der Waals surface area contributed by atoms with Crippen LogP contribution in [0.5, 0.6) is 5.75 Å². The third kappa shape index (κ3) is 3.71. The number of hydrogen-bond donors (Lipinski definition) is 2. The second kappa shape index (κ2) is 7.69. The minimum atomic E-state index is -0.579. The number of amides is 1. The molecule has 1 aliphatic heterocycles. The highest BCUT2D eigenvalue weighted by Crippen LogP contribution is 2.27. The van der Waals surface area contributed by atoms with Gasteiger partial charge in [-0.1, -0.05) is 24.3 Å². The minimum absolute atomic E-state index is 0. The molecule has 1 aliphatic rings. The Bertz CT molecular complexity index is 733. The predicted octanol–water partition coefficient (Wildman–Crippen LogP) is 2.97. The fourth-order valence-corrected chi connectivity index (χ4v) is 3.20. The van der Waals surface area contributed by atoms with Gasteiger partial charge in [0.1, 0.15) is 5.75 Å². The Morgan fingerprint density at radius 3 is 2.79 bits per heavy atom. The van der Waals surface area contributed by atoms with E-state index in [0.717, 1.165) is 36.2 Å². The number of nitrogens with zero attached hydrogens (tertiary/aromatic N) is 1. The SMILES string of the molecule is Cc1cc(O)ccc1C[C@H](N)C(=O)N1CCCc2ccccc21.Cl. The van der Waals surface area contributed by atoms with E-state index >= 15 is 0 Å². The molecule has 0 aromatic heterocycles. The maximum absolute atomic E-state index is 12.8. The molecule has 5 heteroatoms. The molecular formula is C19H23ClN2O2. The monoisotopic (exact) mass is 346 g/mol. The van der Waals surface area contributed by atoms with Crippen LogP contribution in [0.3, 0.4) is 0 Å². The zero-order valence-electron chi connectivity index (χ0n) is 13.7. The van der Waals surface area contributed by atoms with E-state index in [1.54, 1.807) is 12.1 Å². The molecule has 4 nitrogen and oxygen atoms in total. The molecule has 0 saturated carbocycles. The van der Waals surface area contributed by atoms with Gasteiger partial charge in [0.15, 0.2) is 0 Å². The normalized spacial score (nSPS) is 14.5. The van der Waals surface area contributed by atoms with Crippen molar-refractivity contribution in [1.82, 2.24) is 0 Å². The highest BCUT2D eigenvalue weighted by molar-refractivity contribution is 5.98. The summed E-state index contributed by atoms with van der Waals surface area (Å²) in [5, 5.41) is 9.49. The van der Waals surface area contributed by atoms with Gasteiger partial charge in [0, 0.05) is 12.2 Å². The lowest BCUT2D eigenvalue weighted by atomic mass is 9.98. The molecule has 24 heavy (non-hydrogen) atoms. The zero-order valence-corrected chi connectivity index (χ0v) is 14.6. The molecule has 0 unspecified atom stereocenters. The first-order chi connectivity index (χ1) is 11.1. The maximum Gasteiger partial charge on any atom is 0.244 e. The van der Waals surface area contributed by atoms with Crippen LogP contribution < -0.4 is 10.6 Å². The Morgan fingerprint density at radius 2 is 2.04 bits per heavy atom. The average Bonchev–Trinajstić information content (AvgIpc) is 2.56. The molecule has 0 aliphatic carbocycles. The van der Waals surface area contributed by atoms with Crippen LogP contribution in [0, 0.1) is 6.92 Å². The smallest absolute Gasteiger partial charge is 0.244 e. The fourth-order valence-electron chi connectivity index (χ4n) is 3.20. The van der Waals surface area contributed by atoms with Crippen LogP contribution in [0.25, 0.3) is 0 Å². The van der Waals surface area contributed by atoms with Gasteiger partial charge in [-0.2, -0.15) is 0 Å². The number of carbonyl (C=O) groups is 1. The van der Waals surface area contributed by atoms with Crippen molar-refractivity contribution in [1.29, 1.82) is 0 Å². The highest BCUT2D eigenvalue weighted by Gasteiger charge is 2.26. The van der Waals surface area contributed by atoms with Gasteiger partial charge in [-0.05, 0) is 61.1 Å². The summed E-state index contributed by atoms with van der Waals surface area (Å²) in [5.74, 6) is 0.195. The van der Waals surface area contributed by atoms with Gasteiger partial charge >= 0.3 is 0 Å². The molecule has 0 spiro atoms. The first-order valence-corrected chi connectivity index (χ1v) is 7.99. The van der Waals surface area contributed by atoms with Crippen LogP contribution in [0.15, 0.2) is 42.5 Å². The largest absolute Gasteiger partial charge is 0.508 e. The third-order valence-corrected chi connectivity index (χ3v) is 4.46. The first-order valence-electron chi connectivity index (χ1n) is 7.99. The number of benzene rings is 2. The summed E-state index contributed by atoms with van der Waals surface area (Å²) in [6, 6.07) is 12.6. The van der Waals surface area contributed by atoms with Crippen LogP contribution in [0.2, 0.25) is 0 Å². The molecule has 0 bridgehead atoms. The number of aromatic hydroxyl groups is 1. The Labute approximate surface area is 148 Å². The number of hydrogen-bond acceptors (Lipinski definition) is 3. The molecule has 128 valence electrons. The Balaban J connectivity index is 0.00000208. The lowest BCUT2D eigenvalue weighted by Crippen LogP contribution is -2.47. The van der Waals surface area contributed by atoms with Gasteiger partial charge in [0.2, 0.25) is 5.91 Å². The first kappa shape index (κ1) is 18.3. The van der Waals surface area contributed by atoms with Crippen molar-refractivity contribution in [3.05, 3.63) is 59.2 Å². The van der Waals surface area contributed by atoms with Gasteiger partial charge < -0.3 is 15.7 Å². The van der Waals surface area contributed by atoms with Crippen molar-refractivity contribution >= 4 is 24.0 Å². The van der Waals surface area contributed by atoms with Crippen molar-refractivity contribution < 1.29 is 9.90 Å². The summed E-state index contributed by atoms with van der Waals surface area (Å²) in [4.78, 5) is 14.6. The summed E-state index contributed by atoms with van der Waals surface area (Å²) < 4.78 is 0. The van der Waals surface area contributed by atoms with Gasteiger partial charge in [-0.15, -0.1) is 12.4 Å². The van der Waals surface area contributed by atoms with E-state index in [0.29, 0.717) is 6.42 Å². The third-order valence-electron chi connectivity index (χ3n) is 4.46. The molecule has 1 heterocycles. The summed E-state index contributed by atoms with van der Waals surface area (Å²) in [6.07, 6.45) is 2.45. The molecule has 0 saturated heterocycles. The van der Waals surface area contributed by atoms with Crippen molar-refractivity contribution in [3.8, 4) is 5.75 Å². The summed E-state index contributed by atoms with van der Waals surface area (Å²) in [6.45, 7) is 2.64. The number of carbonyl (C=O) groups excluding carboxylic acids is 1. The highest BCUT2D eigenvalue weighted by atomic mass is 35.5. The lowest BCUT2D eigenvalue weighted by Gasteiger charge is -2.31. The van der Waals surface area contributed by atoms with Gasteiger partial charge in [0.05, 0.1) is 6.04 Å². The number of rotatable bonds is 3. The van der Waals surface area contributed by atoms with Crippen LogP contribution in [0.4, 0.5) is 5.69 Å². The van der Waals surface area contributed by atoms with Crippen LogP contribution in [-0.2, 0) is 17.6 Å². The molecule has 1 atom stereocenters. The van der Waals surface area contributed by atoms with Crippen LogP contribution in [-0.4, -0.2) is 23.6 Å². The molecular weight excluding hydrogens is 324 g/mol. The summed E-state index contributed by atoms with van der Waals surface area (Å²) >= 11 is 0. The van der Waals surface area contributed by atoms with E-state index in [1.807, 2.05) is 36.1 Å². The number of anilines is 1. The second-order valence-electron chi connectivity index (χ2n) is 6.14. The number of fused-ring (bicyclic) bond motifs is 1. The van der Waals surface area contributed by atoms with E-state index in [9.17, 15) is 9.90 Å². The molecule has 0 radical (unpaired) electrons. The lowest BCUT2D eigenvalue weighted by molar-refractivity contribution is -0.119. The van der Waals surface area contributed by atoms with Crippen molar-refractivity contribution in [2.75, 3.05) is 11.4 Å². The van der Waals surface area contributed by atoms with Gasteiger partial charge in [-0.3, -0.25) is 4.79 Å². The van der Waals surface area contributed by atoms with E-state index in [1.165, 1.54) is 5.56 Å². The van der Waals surface area contributed by atoms with Gasteiger partial charge in [0.25, 0.3) is 0 Å². The van der Waals surface area contributed by atoms with Crippen molar-refractivity contribution in [2.24, 2.45) is 5.73 Å². The number of nitrogens with two attached hydrogens (primary N) is 1. The number of phenolic OH excluding ortho intramolecular Hbond substituents is 1. The zero-order chi connectivity index (χ0) is 16.4. The maximum atomic E-state index is 12.8. The summed E-state index contributed by atoms with van der Waals surface area (Å²) in [7, 11) is 0. The molecule has 1 amide bonds. The molecule has 3 rings (SSSR count). The number of aryl methyl sites for hydroxylation is 2. The summed E-state index contributed by atoms with van der Waals surface area (Å²) in [5.41, 5.74) is 10.3. The minimum Gasteiger partial charge on any atom is -0.508 e. The van der Waals surface area contributed by atoms with Crippen molar-refractivity contribution in [3.63, 3.8) is 0 Å². The predicted molar refractivity (Wildman–Crippen MR) is 98.9 cm³/mol. The van der Waals surface area contributed by atoms with E-state index in [4.69, 9.17) is 5.73 Å². The Kier molecular flexibility index (Phi) is 5.86. The topological polar surface area (TPSA) is 66.6 Å². The number of phenols is 1.